The molecule has 0 aliphatic rings. The molecular formula is C15H10F3N5O3. The Balaban J connectivity index is 1.78. The number of rotatable bonds is 5. The maximum atomic E-state index is 12.7. The Bertz CT molecular complexity index is 928. The summed E-state index contributed by atoms with van der Waals surface area (Å²) in [6.45, 7) is -0.0930. The van der Waals surface area contributed by atoms with E-state index in [-0.39, 0.29) is 18.1 Å². The minimum atomic E-state index is -4.67. The summed E-state index contributed by atoms with van der Waals surface area (Å²) in [6.07, 6.45) is -1.57. The number of benzene rings is 1. The topological polar surface area (TPSA) is 107 Å². The maximum Gasteiger partial charge on any atom is 0.416 e. The summed E-state index contributed by atoms with van der Waals surface area (Å²) in [6, 6.07) is 5.55. The van der Waals surface area contributed by atoms with E-state index in [0.29, 0.717) is 17.5 Å². The highest BCUT2D eigenvalue weighted by Crippen LogP contribution is 2.35. The molecule has 0 amide bonds. The van der Waals surface area contributed by atoms with Gasteiger partial charge in [0.05, 0.1) is 17.0 Å². The lowest BCUT2D eigenvalue weighted by molar-refractivity contribution is -0.384. The molecule has 0 bridgehead atoms. The van der Waals surface area contributed by atoms with E-state index in [9.17, 15) is 23.3 Å². The smallest absolute Gasteiger partial charge is 0.371 e. The van der Waals surface area contributed by atoms with E-state index in [1.54, 1.807) is 24.5 Å². The zero-order valence-electron chi connectivity index (χ0n) is 12.9. The minimum absolute atomic E-state index is 0.0911. The number of anilines is 1. The summed E-state index contributed by atoms with van der Waals surface area (Å²) in [5, 5.41) is 17.4. The Morgan fingerprint density at radius 3 is 2.58 bits per heavy atom. The van der Waals surface area contributed by atoms with Crippen LogP contribution < -0.4 is 5.32 Å². The maximum absolute atomic E-state index is 12.7. The first kappa shape index (κ1) is 17.3. The number of aromatic nitrogens is 3. The van der Waals surface area contributed by atoms with E-state index in [1.807, 2.05) is 0 Å². The van der Waals surface area contributed by atoms with Crippen LogP contribution in [0.25, 0.3) is 11.4 Å². The molecule has 26 heavy (non-hydrogen) atoms. The molecule has 8 nitrogen and oxygen atoms in total. The van der Waals surface area contributed by atoms with Gasteiger partial charge in [-0.05, 0) is 24.3 Å². The van der Waals surface area contributed by atoms with Crippen LogP contribution in [0.15, 0.2) is 47.2 Å². The fourth-order valence-electron chi connectivity index (χ4n) is 2.12. The highest BCUT2D eigenvalue weighted by Gasteiger charge is 2.33. The van der Waals surface area contributed by atoms with Crippen LogP contribution in [-0.4, -0.2) is 20.0 Å². The van der Waals surface area contributed by atoms with Crippen molar-refractivity contribution in [3.05, 3.63) is 64.3 Å². The summed E-state index contributed by atoms with van der Waals surface area (Å²) in [5.74, 6) is 0.414. The third-order valence-electron chi connectivity index (χ3n) is 3.36. The zero-order valence-corrected chi connectivity index (χ0v) is 12.9. The molecular weight excluding hydrogens is 355 g/mol. The van der Waals surface area contributed by atoms with Gasteiger partial charge in [0.2, 0.25) is 11.7 Å². The lowest BCUT2D eigenvalue weighted by Gasteiger charge is -2.09. The fourth-order valence-corrected chi connectivity index (χ4v) is 2.12. The van der Waals surface area contributed by atoms with Crippen LogP contribution in [0.4, 0.5) is 24.5 Å². The first-order valence-electron chi connectivity index (χ1n) is 7.17. The predicted octanol–water partition coefficient (Wildman–Crippen LogP) is 3.67. The van der Waals surface area contributed by atoms with Gasteiger partial charge in [0.1, 0.15) is 5.69 Å². The molecule has 134 valence electrons. The second-order valence-corrected chi connectivity index (χ2v) is 5.09. The Morgan fingerprint density at radius 2 is 1.92 bits per heavy atom. The van der Waals surface area contributed by atoms with Crippen molar-refractivity contribution < 1.29 is 22.6 Å². The second kappa shape index (κ2) is 6.78. The monoisotopic (exact) mass is 365 g/mol. The van der Waals surface area contributed by atoms with Crippen molar-refractivity contribution in [3.63, 3.8) is 0 Å². The van der Waals surface area contributed by atoms with Gasteiger partial charge >= 0.3 is 6.18 Å². The van der Waals surface area contributed by atoms with Gasteiger partial charge in [-0.15, -0.1) is 0 Å². The van der Waals surface area contributed by atoms with Gasteiger partial charge in [0.15, 0.2) is 0 Å². The molecule has 2 heterocycles. The number of nitro benzene ring substituents is 1. The first-order chi connectivity index (χ1) is 12.3. The Labute approximate surface area is 143 Å². The van der Waals surface area contributed by atoms with E-state index < -0.39 is 22.4 Å². The van der Waals surface area contributed by atoms with Crippen LogP contribution in [-0.2, 0) is 12.7 Å². The minimum Gasteiger partial charge on any atom is -0.371 e. The lowest BCUT2D eigenvalue weighted by atomic mass is 10.1. The van der Waals surface area contributed by atoms with Crippen LogP contribution in [0.1, 0.15) is 11.5 Å². The highest BCUT2D eigenvalue weighted by molar-refractivity contribution is 5.63. The third kappa shape index (κ3) is 3.77. The average molecular weight is 365 g/mol. The standard InChI is InChI=1S/C15H10F3N5O3/c16-15(17,18)10-1-2-11(12(7-10)23(24)25)20-8-13-21-14(22-26-13)9-3-5-19-6-4-9/h1-7,20H,8H2. The van der Waals surface area contributed by atoms with Gasteiger partial charge in [0.25, 0.3) is 5.69 Å². The molecule has 0 unspecified atom stereocenters. The molecule has 0 aliphatic carbocycles. The molecule has 3 aromatic rings. The number of alkyl halides is 3. The number of nitrogens with one attached hydrogen (secondary N) is 1. The van der Waals surface area contributed by atoms with Crippen LogP contribution in [0.2, 0.25) is 0 Å². The quantitative estimate of drug-likeness (QED) is 0.543. The number of halogens is 3. The van der Waals surface area contributed by atoms with Gasteiger partial charge < -0.3 is 9.84 Å². The SMILES string of the molecule is O=[N+]([O-])c1cc(C(F)(F)F)ccc1NCc1nc(-c2ccncc2)no1. The van der Waals surface area contributed by atoms with Gasteiger partial charge in [-0.1, -0.05) is 5.16 Å². The summed E-state index contributed by atoms with van der Waals surface area (Å²) >= 11 is 0. The van der Waals surface area contributed by atoms with Crippen molar-refractivity contribution >= 4 is 11.4 Å². The number of nitro groups is 1. The number of pyridine rings is 1. The number of hydrogen-bond acceptors (Lipinski definition) is 7. The molecule has 0 saturated heterocycles. The summed E-state index contributed by atoms with van der Waals surface area (Å²) < 4.78 is 43.1. The second-order valence-electron chi connectivity index (χ2n) is 5.09. The van der Waals surface area contributed by atoms with Crippen LogP contribution in [0.3, 0.4) is 0 Å². The van der Waals surface area contributed by atoms with Gasteiger partial charge in [-0.25, -0.2) is 0 Å². The van der Waals surface area contributed by atoms with Crippen LogP contribution in [0.5, 0.6) is 0 Å². The average Bonchev–Trinajstić information content (AvgIpc) is 3.08. The van der Waals surface area contributed by atoms with Crippen molar-refractivity contribution in [1.29, 1.82) is 0 Å². The molecule has 0 spiro atoms. The van der Waals surface area contributed by atoms with Crippen molar-refractivity contribution in [3.8, 4) is 11.4 Å². The molecule has 0 atom stereocenters. The summed E-state index contributed by atoms with van der Waals surface area (Å²) in [5.41, 5.74) is -1.23. The van der Waals surface area contributed by atoms with Gasteiger partial charge in [0, 0.05) is 24.0 Å². The van der Waals surface area contributed by atoms with Crippen molar-refractivity contribution in [2.45, 2.75) is 12.7 Å². The number of nitrogens with zero attached hydrogens (tertiary/aromatic N) is 4. The molecule has 1 N–H and O–H groups in total. The Hall–Kier alpha value is -3.50. The third-order valence-corrected chi connectivity index (χ3v) is 3.36. The molecule has 1 aromatic carbocycles. The Morgan fingerprint density at radius 1 is 1.19 bits per heavy atom. The van der Waals surface area contributed by atoms with E-state index in [4.69, 9.17) is 4.52 Å². The largest absolute Gasteiger partial charge is 0.416 e. The first-order valence-corrected chi connectivity index (χ1v) is 7.17. The predicted molar refractivity (Wildman–Crippen MR) is 83.0 cm³/mol. The van der Waals surface area contributed by atoms with Crippen molar-refractivity contribution in [2.24, 2.45) is 0 Å². The molecule has 0 radical (unpaired) electrons. The molecule has 0 aliphatic heterocycles. The van der Waals surface area contributed by atoms with E-state index in [2.05, 4.69) is 20.4 Å². The molecule has 0 fully saturated rings. The molecule has 0 saturated carbocycles. The van der Waals surface area contributed by atoms with Gasteiger partial charge in [-0.2, -0.15) is 18.2 Å². The van der Waals surface area contributed by atoms with Crippen molar-refractivity contribution in [2.75, 3.05) is 5.32 Å². The number of hydrogen-bond donors (Lipinski definition) is 1. The normalized spacial score (nSPS) is 11.3. The molecule has 3 rings (SSSR count). The van der Waals surface area contributed by atoms with E-state index in [1.165, 1.54) is 0 Å². The zero-order chi connectivity index (χ0) is 18.7. The molecule has 11 heteroatoms. The Kier molecular flexibility index (Phi) is 4.52. The fraction of sp³-hybridized carbons (Fsp3) is 0.133. The van der Waals surface area contributed by atoms with Gasteiger partial charge in [-0.3, -0.25) is 15.1 Å². The van der Waals surface area contributed by atoms with Crippen LogP contribution in [0, 0.1) is 10.1 Å². The summed E-state index contributed by atoms with van der Waals surface area (Å²) in [7, 11) is 0. The van der Waals surface area contributed by atoms with E-state index in [0.717, 1.165) is 12.1 Å². The lowest BCUT2D eigenvalue weighted by Crippen LogP contribution is -2.08. The molecule has 2 aromatic heterocycles. The summed E-state index contributed by atoms with van der Waals surface area (Å²) in [4.78, 5) is 18.1. The van der Waals surface area contributed by atoms with E-state index >= 15 is 0 Å². The van der Waals surface area contributed by atoms with Crippen LogP contribution >= 0.6 is 0 Å². The highest BCUT2D eigenvalue weighted by atomic mass is 19.4. The van der Waals surface area contributed by atoms with Crippen molar-refractivity contribution in [1.82, 2.24) is 15.1 Å².